The molecule has 0 spiro atoms. The zero-order valence-corrected chi connectivity index (χ0v) is 15.5. The van der Waals surface area contributed by atoms with Crippen molar-refractivity contribution in [3.8, 4) is 0 Å². The molecule has 6 heteroatoms. The van der Waals surface area contributed by atoms with Crippen molar-refractivity contribution in [2.24, 2.45) is 0 Å². The molecule has 28 heavy (non-hydrogen) atoms. The van der Waals surface area contributed by atoms with Crippen LogP contribution in [0.4, 0.5) is 8.78 Å². The maximum Gasteiger partial charge on any atom is 0.198 e. The summed E-state index contributed by atoms with van der Waals surface area (Å²) in [6.07, 6.45) is 3.05. The molecule has 1 aromatic carbocycles. The molecule has 5 rings (SSSR count). The number of hydrogen-bond acceptors (Lipinski definition) is 2. The third kappa shape index (κ3) is 2.80. The minimum Gasteiger partial charge on any atom is -0.290 e. The second-order valence-electron chi connectivity index (χ2n) is 7.39. The van der Waals surface area contributed by atoms with Gasteiger partial charge in [-0.3, -0.25) is 4.40 Å². The molecule has 1 atom stereocenters. The minimum absolute atomic E-state index is 0.107. The van der Waals surface area contributed by atoms with Crippen LogP contribution in [0.3, 0.4) is 0 Å². The highest BCUT2D eigenvalue weighted by molar-refractivity contribution is 5.53. The van der Waals surface area contributed by atoms with Gasteiger partial charge >= 0.3 is 0 Å². The number of nitrogens with zero attached hydrogens (tertiary/aromatic N) is 4. The van der Waals surface area contributed by atoms with Crippen molar-refractivity contribution in [2.45, 2.75) is 38.6 Å². The Balaban J connectivity index is 1.50. The summed E-state index contributed by atoms with van der Waals surface area (Å²) in [5.41, 5.74) is 5.71. The van der Waals surface area contributed by atoms with Gasteiger partial charge in [-0.25, -0.2) is 9.07 Å². The average molecular weight is 377 g/mol. The van der Waals surface area contributed by atoms with Crippen LogP contribution in [-0.4, -0.2) is 19.4 Å². The molecule has 0 saturated carbocycles. The standard InChI is InChI=1S/C22H19F2N4/c1-14-20(11-15-5-8-17(23)9-6-15)28(26-25-14)19-10-7-16-12-18-3-2-4-22(24)27(18)21(16)13-19/h2-6,8-9,19H,7,10-11,13H2,1H3. The Hall–Kier alpha value is -3.02. The van der Waals surface area contributed by atoms with Gasteiger partial charge in [0.2, 0.25) is 0 Å². The number of hydrogen-bond donors (Lipinski definition) is 0. The van der Waals surface area contributed by atoms with Gasteiger partial charge in [0.15, 0.2) is 5.95 Å². The van der Waals surface area contributed by atoms with E-state index in [0.717, 1.165) is 46.6 Å². The molecule has 1 aliphatic rings. The number of benzene rings is 1. The lowest BCUT2D eigenvalue weighted by Crippen LogP contribution is -2.22. The van der Waals surface area contributed by atoms with E-state index in [1.807, 2.05) is 17.7 Å². The number of aryl methyl sites for hydroxylation is 2. The molecule has 0 fully saturated rings. The molecule has 0 bridgehead atoms. The molecule has 0 aliphatic heterocycles. The molecule has 1 aliphatic carbocycles. The van der Waals surface area contributed by atoms with Gasteiger partial charge in [-0.15, -0.1) is 5.10 Å². The maximum absolute atomic E-state index is 14.4. The normalized spacial score (nSPS) is 16.5. The van der Waals surface area contributed by atoms with Crippen LogP contribution >= 0.6 is 0 Å². The summed E-state index contributed by atoms with van der Waals surface area (Å²) in [5.74, 6) is -0.512. The van der Waals surface area contributed by atoms with Crippen LogP contribution in [0.5, 0.6) is 0 Å². The van der Waals surface area contributed by atoms with E-state index in [2.05, 4.69) is 16.4 Å². The first-order chi connectivity index (χ1) is 13.6. The molecule has 1 radical (unpaired) electrons. The SMILES string of the molecule is Cc1nnn(C2CCc3[c]c4cccc(F)n4c3C2)c1Cc1ccc(F)cc1. The third-order valence-electron chi connectivity index (χ3n) is 5.61. The van der Waals surface area contributed by atoms with Gasteiger partial charge in [0, 0.05) is 24.6 Å². The van der Waals surface area contributed by atoms with Crippen LogP contribution in [0.15, 0.2) is 42.5 Å². The first kappa shape index (κ1) is 17.1. The molecule has 0 saturated heterocycles. The Morgan fingerprint density at radius 1 is 1.14 bits per heavy atom. The predicted octanol–water partition coefficient (Wildman–Crippen LogP) is 4.24. The fourth-order valence-electron chi connectivity index (χ4n) is 4.17. The van der Waals surface area contributed by atoms with Crippen molar-refractivity contribution >= 4 is 5.52 Å². The number of rotatable bonds is 3. The number of pyridine rings is 1. The Morgan fingerprint density at radius 3 is 2.79 bits per heavy atom. The quantitative estimate of drug-likeness (QED) is 0.501. The van der Waals surface area contributed by atoms with E-state index in [0.29, 0.717) is 12.8 Å². The van der Waals surface area contributed by atoms with Gasteiger partial charge in [0.05, 0.1) is 22.9 Å². The van der Waals surface area contributed by atoms with Crippen molar-refractivity contribution in [3.05, 3.63) is 88.5 Å². The average Bonchev–Trinajstić information content (AvgIpc) is 3.24. The molecule has 4 nitrogen and oxygen atoms in total. The van der Waals surface area contributed by atoms with E-state index in [-0.39, 0.29) is 17.8 Å². The second kappa shape index (κ2) is 6.55. The lowest BCUT2D eigenvalue weighted by atomic mass is 9.93. The minimum atomic E-state index is -0.267. The van der Waals surface area contributed by atoms with Crippen molar-refractivity contribution in [3.63, 3.8) is 0 Å². The van der Waals surface area contributed by atoms with E-state index in [1.165, 1.54) is 18.2 Å². The summed E-state index contributed by atoms with van der Waals surface area (Å²) in [4.78, 5) is 0. The van der Waals surface area contributed by atoms with Crippen LogP contribution < -0.4 is 0 Å². The molecule has 3 heterocycles. The van der Waals surface area contributed by atoms with E-state index >= 15 is 0 Å². The molecule has 0 N–H and O–H groups in total. The molecular formula is C22H19F2N4. The van der Waals surface area contributed by atoms with E-state index in [9.17, 15) is 8.78 Å². The summed E-state index contributed by atoms with van der Waals surface area (Å²) in [5, 5.41) is 8.67. The molecule has 1 unspecified atom stereocenters. The molecular weight excluding hydrogens is 358 g/mol. The van der Waals surface area contributed by atoms with Crippen LogP contribution in [0.1, 0.15) is 40.7 Å². The predicted molar refractivity (Wildman–Crippen MR) is 101 cm³/mol. The van der Waals surface area contributed by atoms with Gasteiger partial charge in [0.25, 0.3) is 0 Å². The second-order valence-corrected chi connectivity index (χ2v) is 7.39. The van der Waals surface area contributed by atoms with Gasteiger partial charge in [0.1, 0.15) is 5.82 Å². The molecule has 3 aromatic heterocycles. The van der Waals surface area contributed by atoms with Gasteiger partial charge < -0.3 is 0 Å². The van der Waals surface area contributed by atoms with E-state index < -0.39 is 0 Å². The van der Waals surface area contributed by atoms with Crippen LogP contribution in [0, 0.1) is 24.8 Å². The Labute approximate surface area is 161 Å². The smallest absolute Gasteiger partial charge is 0.198 e. The van der Waals surface area contributed by atoms with Gasteiger partial charge in [-0.1, -0.05) is 23.4 Å². The Bertz CT molecular complexity index is 1160. The fraction of sp³-hybridized carbons (Fsp3) is 0.273. The fourth-order valence-corrected chi connectivity index (χ4v) is 4.17. The Kier molecular flexibility index (Phi) is 4.00. The number of aromatic nitrogens is 4. The molecule has 0 amide bonds. The topological polar surface area (TPSA) is 35.1 Å². The monoisotopic (exact) mass is 377 g/mol. The van der Waals surface area contributed by atoms with E-state index in [1.54, 1.807) is 22.6 Å². The third-order valence-corrected chi connectivity index (χ3v) is 5.61. The highest BCUT2D eigenvalue weighted by atomic mass is 19.1. The molecule has 141 valence electrons. The lowest BCUT2D eigenvalue weighted by Gasteiger charge is -2.24. The lowest BCUT2D eigenvalue weighted by molar-refractivity contribution is 0.379. The number of fused-ring (bicyclic) bond motifs is 3. The van der Waals surface area contributed by atoms with Crippen molar-refractivity contribution < 1.29 is 8.78 Å². The number of halogens is 2. The van der Waals surface area contributed by atoms with Crippen LogP contribution in [0.25, 0.3) is 5.52 Å². The summed E-state index contributed by atoms with van der Waals surface area (Å²) >= 11 is 0. The van der Waals surface area contributed by atoms with Gasteiger partial charge in [-0.2, -0.15) is 4.39 Å². The highest BCUT2D eigenvalue weighted by Gasteiger charge is 2.27. The van der Waals surface area contributed by atoms with Crippen molar-refractivity contribution in [1.82, 2.24) is 19.4 Å². The first-order valence-electron chi connectivity index (χ1n) is 9.45. The van der Waals surface area contributed by atoms with Gasteiger partial charge in [-0.05, 0) is 55.2 Å². The highest BCUT2D eigenvalue weighted by Crippen LogP contribution is 2.32. The zero-order valence-electron chi connectivity index (χ0n) is 15.5. The maximum atomic E-state index is 14.4. The molecule has 4 aromatic rings. The largest absolute Gasteiger partial charge is 0.290 e. The zero-order chi connectivity index (χ0) is 19.3. The van der Waals surface area contributed by atoms with Crippen molar-refractivity contribution in [1.29, 1.82) is 0 Å². The van der Waals surface area contributed by atoms with Crippen LogP contribution in [0.2, 0.25) is 0 Å². The summed E-state index contributed by atoms with van der Waals surface area (Å²) in [6.45, 7) is 1.94. The first-order valence-corrected chi connectivity index (χ1v) is 9.45. The summed E-state index contributed by atoms with van der Waals surface area (Å²) in [7, 11) is 0. The summed E-state index contributed by atoms with van der Waals surface area (Å²) < 4.78 is 31.3. The van der Waals surface area contributed by atoms with E-state index in [4.69, 9.17) is 0 Å². The summed E-state index contributed by atoms with van der Waals surface area (Å²) in [6, 6.07) is 15.0. The Morgan fingerprint density at radius 2 is 1.96 bits per heavy atom. The van der Waals surface area contributed by atoms with Crippen molar-refractivity contribution in [2.75, 3.05) is 0 Å². The van der Waals surface area contributed by atoms with Crippen LogP contribution in [-0.2, 0) is 19.3 Å².